The molecular formula is C22H20BrN3OS. The second-order valence-corrected chi connectivity index (χ2v) is 8.61. The Labute approximate surface area is 176 Å². The summed E-state index contributed by atoms with van der Waals surface area (Å²) in [6.07, 6.45) is 0. The van der Waals surface area contributed by atoms with Gasteiger partial charge in [0.05, 0.1) is 16.8 Å². The number of rotatable bonds is 5. The number of ketones is 1. The van der Waals surface area contributed by atoms with Crippen molar-refractivity contribution in [2.24, 2.45) is 7.05 Å². The van der Waals surface area contributed by atoms with E-state index < -0.39 is 0 Å². The molecule has 0 bridgehead atoms. The minimum atomic E-state index is 0.119. The molecule has 6 heteroatoms. The Balaban J connectivity index is 1.57. The van der Waals surface area contributed by atoms with Crippen molar-refractivity contribution in [3.05, 3.63) is 76.0 Å². The maximum atomic E-state index is 12.9. The Hall–Kier alpha value is -2.31. The summed E-state index contributed by atoms with van der Waals surface area (Å²) >= 11 is 4.95. The van der Waals surface area contributed by atoms with Crippen LogP contribution in [0.1, 0.15) is 21.7 Å². The second kappa shape index (κ2) is 7.60. The van der Waals surface area contributed by atoms with Crippen LogP contribution < -0.4 is 0 Å². The molecule has 142 valence electrons. The van der Waals surface area contributed by atoms with Crippen LogP contribution in [0.4, 0.5) is 0 Å². The molecule has 0 N–H and O–H groups in total. The molecule has 28 heavy (non-hydrogen) atoms. The van der Waals surface area contributed by atoms with Gasteiger partial charge in [0.1, 0.15) is 0 Å². The van der Waals surface area contributed by atoms with E-state index in [1.54, 1.807) is 0 Å². The summed E-state index contributed by atoms with van der Waals surface area (Å²) in [7, 11) is 1.99. The monoisotopic (exact) mass is 453 g/mol. The number of hydrogen-bond acceptors (Lipinski definition) is 3. The van der Waals surface area contributed by atoms with E-state index in [1.807, 2.05) is 80.1 Å². The van der Waals surface area contributed by atoms with Gasteiger partial charge in [0, 0.05) is 34.2 Å². The fourth-order valence-corrected chi connectivity index (χ4v) is 4.63. The molecule has 4 rings (SSSR count). The summed E-state index contributed by atoms with van der Waals surface area (Å²) in [5.41, 5.74) is 5.87. The summed E-state index contributed by atoms with van der Waals surface area (Å²) in [6, 6.07) is 18.1. The van der Waals surface area contributed by atoms with Gasteiger partial charge in [-0.1, -0.05) is 39.8 Å². The van der Waals surface area contributed by atoms with Crippen molar-refractivity contribution in [1.82, 2.24) is 14.1 Å². The zero-order chi connectivity index (χ0) is 19.8. The van der Waals surface area contributed by atoms with Crippen LogP contribution in [0.2, 0.25) is 0 Å². The number of carbonyl (C=O) groups is 1. The number of nitrogens with zero attached hydrogens (tertiary/aromatic N) is 3. The van der Waals surface area contributed by atoms with Crippen molar-refractivity contribution in [3.8, 4) is 5.69 Å². The molecule has 4 aromatic rings. The number of para-hydroxylation sites is 2. The van der Waals surface area contributed by atoms with Crippen LogP contribution in [-0.2, 0) is 7.05 Å². The van der Waals surface area contributed by atoms with Gasteiger partial charge in [-0.2, -0.15) is 0 Å². The first-order chi connectivity index (χ1) is 13.5. The highest BCUT2D eigenvalue weighted by Crippen LogP contribution is 2.26. The number of imidazole rings is 1. The summed E-state index contributed by atoms with van der Waals surface area (Å²) in [4.78, 5) is 17.6. The Bertz CT molecular complexity index is 1170. The minimum absolute atomic E-state index is 0.119. The summed E-state index contributed by atoms with van der Waals surface area (Å²) in [5, 5.41) is 0.858. The van der Waals surface area contributed by atoms with Gasteiger partial charge in [0.15, 0.2) is 10.9 Å². The molecule has 4 nitrogen and oxygen atoms in total. The molecule has 0 aliphatic carbocycles. The Morgan fingerprint density at radius 3 is 2.54 bits per heavy atom. The summed E-state index contributed by atoms with van der Waals surface area (Å²) in [5.74, 6) is 0.482. The van der Waals surface area contributed by atoms with Crippen LogP contribution in [-0.4, -0.2) is 25.7 Å². The molecule has 0 aliphatic heterocycles. The molecule has 0 spiro atoms. The van der Waals surface area contributed by atoms with E-state index in [2.05, 4.69) is 25.5 Å². The fraction of sp³-hybridized carbons (Fsp3) is 0.182. The van der Waals surface area contributed by atoms with Crippen molar-refractivity contribution in [3.63, 3.8) is 0 Å². The number of benzene rings is 2. The van der Waals surface area contributed by atoms with E-state index in [-0.39, 0.29) is 5.78 Å². The summed E-state index contributed by atoms with van der Waals surface area (Å²) < 4.78 is 5.20. The van der Waals surface area contributed by atoms with Crippen molar-refractivity contribution < 1.29 is 4.79 Å². The van der Waals surface area contributed by atoms with Gasteiger partial charge in [-0.25, -0.2) is 4.98 Å². The molecule has 0 radical (unpaired) electrons. The molecule has 0 amide bonds. The van der Waals surface area contributed by atoms with Crippen molar-refractivity contribution in [2.75, 3.05) is 5.75 Å². The third-order valence-corrected chi connectivity index (χ3v) is 6.45. The third kappa shape index (κ3) is 3.42. The van der Waals surface area contributed by atoms with Crippen LogP contribution in [0.3, 0.4) is 0 Å². The molecular weight excluding hydrogens is 434 g/mol. The first kappa shape index (κ1) is 19.0. The molecule has 0 aliphatic rings. The largest absolute Gasteiger partial charge is 0.322 e. The van der Waals surface area contributed by atoms with Gasteiger partial charge in [-0.05, 0) is 56.3 Å². The Morgan fingerprint density at radius 1 is 1.11 bits per heavy atom. The van der Waals surface area contributed by atoms with Gasteiger partial charge < -0.3 is 9.13 Å². The Morgan fingerprint density at radius 2 is 1.82 bits per heavy atom. The lowest BCUT2D eigenvalue weighted by atomic mass is 10.2. The van der Waals surface area contributed by atoms with Gasteiger partial charge >= 0.3 is 0 Å². The smallest absolute Gasteiger partial charge is 0.175 e. The van der Waals surface area contributed by atoms with E-state index in [9.17, 15) is 4.79 Å². The molecule has 2 aromatic carbocycles. The van der Waals surface area contributed by atoms with Crippen LogP contribution in [0.15, 0.2) is 64.2 Å². The number of thioether (sulfide) groups is 1. The van der Waals surface area contributed by atoms with E-state index in [0.717, 1.165) is 43.3 Å². The Kier molecular flexibility index (Phi) is 5.17. The average Bonchev–Trinajstić information content (AvgIpc) is 3.17. The zero-order valence-corrected chi connectivity index (χ0v) is 18.3. The summed E-state index contributed by atoms with van der Waals surface area (Å²) in [6.45, 7) is 4.03. The SMILES string of the molecule is Cc1cc(C(=O)CSc2nc3ccccc3n2C)c(C)n1-c1ccc(Br)cc1. The lowest BCUT2D eigenvalue weighted by molar-refractivity contribution is 0.102. The number of halogens is 1. The quantitative estimate of drug-likeness (QED) is 0.286. The highest BCUT2D eigenvalue weighted by atomic mass is 79.9. The van der Waals surface area contributed by atoms with Crippen molar-refractivity contribution >= 4 is 44.5 Å². The zero-order valence-electron chi connectivity index (χ0n) is 15.9. The highest BCUT2D eigenvalue weighted by molar-refractivity contribution is 9.10. The topological polar surface area (TPSA) is 39.8 Å². The average molecular weight is 454 g/mol. The number of hydrogen-bond donors (Lipinski definition) is 0. The fourth-order valence-electron chi connectivity index (χ4n) is 3.49. The minimum Gasteiger partial charge on any atom is -0.322 e. The molecule has 0 saturated heterocycles. The number of fused-ring (bicyclic) bond motifs is 1. The van der Waals surface area contributed by atoms with Gasteiger partial charge in [-0.3, -0.25) is 4.79 Å². The number of aryl methyl sites for hydroxylation is 2. The molecule has 0 atom stereocenters. The molecule has 0 saturated carbocycles. The number of aromatic nitrogens is 3. The maximum Gasteiger partial charge on any atom is 0.175 e. The van der Waals surface area contributed by atoms with Gasteiger partial charge in [-0.15, -0.1) is 0 Å². The van der Waals surface area contributed by atoms with E-state index in [0.29, 0.717) is 5.75 Å². The predicted molar refractivity (Wildman–Crippen MR) is 119 cm³/mol. The number of carbonyl (C=O) groups excluding carboxylic acids is 1. The van der Waals surface area contributed by atoms with Crippen LogP contribution in [0, 0.1) is 13.8 Å². The van der Waals surface area contributed by atoms with Gasteiger partial charge in [0.25, 0.3) is 0 Å². The van der Waals surface area contributed by atoms with Crippen LogP contribution >= 0.6 is 27.7 Å². The highest BCUT2D eigenvalue weighted by Gasteiger charge is 2.18. The van der Waals surface area contributed by atoms with Gasteiger partial charge in [0.2, 0.25) is 0 Å². The van der Waals surface area contributed by atoms with E-state index in [1.165, 1.54) is 11.8 Å². The van der Waals surface area contributed by atoms with Crippen LogP contribution in [0.5, 0.6) is 0 Å². The van der Waals surface area contributed by atoms with E-state index >= 15 is 0 Å². The maximum absolute atomic E-state index is 12.9. The molecule has 0 fully saturated rings. The second-order valence-electron chi connectivity index (χ2n) is 6.75. The molecule has 2 heterocycles. The third-order valence-electron chi connectivity index (χ3n) is 4.89. The lowest BCUT2D eigenvalue weighted by Gasteiger charge is -2.10. The van der Waals surface area contributed by atoms with Crippen molar-refractivity contribution in [2.45, 2.75) is 19.0 Å². The van der Waals surface area contributed by atoms with Crippen molar-refractivity contribution in [1.29, 1.82) is 0 Å². The number of Topliss-reactive ketones (excluding diaryl/α,β-unsaturated/α-hetero) is 1. The standard InChI is InChI=1S/C22H20BrN3OS/c1-14-12-18(15(2)26(14)17-10-8-16(23)9-11-17)21(27)13-28-22-24-19-6-4-5-7-20(19)25(22)3/h4-12H,13H2,1-3H3. The first-order valence-corrected chi connectivity index (χ1v) is 10.8. The molecule has 2 aromatic heterocycles. The normalized spacial score (nSPS) is 11.3. The van der Waals surface area contributed by atoms with Crippen LogP contribution in [0.25, 0.3) is 16.7 Å². The molecule has 0 unspecified atom stereocenters. The first-order valence-electron chi connectivity index (χ1n) is 8.98. The predicted octanol–water partition coefficient (Wildman–Crippen LogP) is 5.72. The lowest BCUT2D eigenvalue weighted by Crippen LogP contribution is -2.06. The van der Waals surface area contributed by atoms with E-state index in [4.69, 9.17) is 0 Å².